The number of rotatable bonds is 6. The maximum atomic E-state index is 11.8. The van der Waals surface area contributed by atoms with E-state index in [-0.39, 0.29) is 17.8 Å². The van der Waals surface area contributed by atoms with Crippen LogP contribution in [0.25, 0.3) is 0 Å². The largest absolute Gasteiger partial charge is 0.450 e. The third kappa shape index (κ3) is 7.46. The number of ether oxygens (including phenoxy) is 1. The maximum absolute atomic E-state index is 11.8. The smallest absolute Gasteiger partial charge is 0.413 e. The van der Waals surface area contributed by atoms with Crippen molar-refractivity contribution in [2.24, 2.45) is 0 Å². The van der Waals surface area contributed by atoms with Gasteiger partial charge in [0.1, 0.15) is 0 Å². The summed E-state index contributed by atoms with van der Waals surface area (Å²) in [5.41, 5.74) is 1.12. The number of alkyl carbamates (subject to hydrolysis) is 1. The summed E-state index contributed by atoms with van der Waals surface area (Å²) < 4.78 is 4.74. The zero-order valence-corrected chi connectivity index (χ0v) is 14.1. The molecule has 0 saturated heterocycles. The summed E-state index contributed by atoms with van der Waals surface area (Å²) in [5, 5.41) is 10.8. The Balaban J connectivity index is 2.61. The number of para-hydroxylation sites is 2. The number of hydrogen-bond acceptors (Lipinski definition) is 4. The topological polar surface area (TPSA) is 91.5 Å². The first-order chi connectivity index (χ1) is 11.1. The van der Waals surface area contributed by atoms with E-state index >= 15 is 0 Å². The summed E-state index contributed by atoms with van der Waals surface area (Å²) >= 11 is 5.03. The fourth-order valence-electron chi connectivity index (χ4n) is 1.66. The van der Waals surface area contributed by atoms with Gasteiger partial charge in [0.05, 0.1) is 18.0 Å². The highest BCUT2D eigenvalue weighted by molar-refractivity contribution is 7.80. The average Bonchev–Trinajstić information content (AvgIpc) is 2.49. The van der Waals surface area contributed by atoms with E-state index in [1.807, 2.05) is 0 Å². The zero-order chi connectivity index (χ0) is 17.1. The summed E-state index contributed by atoms with van der Waals surface area (Å²) in [7, 11) is 0. The molecule has 23 heavy (non-hydrogen) atoms. The normalized spacial score (nSPS) is 9.65. The van der Waals surface area contributed by atoms with E-state index in [0.29, 0.717) is 17.9 Å². The lowest BCUT2D eigenvalue weighted by Gasteiger charge is -2.14. The van der Waals surface area contributed by atoms with Gasteiger partial charge in [-0.2, -0.15) is 0 Å². The second kappa shape index (κ2) is 10.4. The van der Waals surface area contributed by atoms with Gasteiger partial charge in [-0.1, -0.05) is 25.5 Å². The predicted octanol–water partition coefficient (Wildman–Crippen LogP) is 3.05. The predicted molar refractivity (Wildman–Crippen MR) is 94.7 cm³/mol. The number of thiocarbonyl (C=S) groups is 1. The van der Waals surface area contributed by atoms with Crippen molar-refractivity contribution in [2.75, 3.05) is 23.8 Å². The molecule has 3 amide bonds. The second-order valence-corrected chi connectivity index (χ2v) is 4.99. The lowest BCUT2D eigenvalue weighted by Crippen LogP contribution is -2.35. The molecule has 0 atom stereocenters. The van der Waals surface area contributed by atoms with Gasteiger partial charge >= 0.3 is 12.1 Å². The summed E-state index contributed by atoms with van der Waals surface area (Å²) in [6.07, 6.45) is 1.29. The van der Waals surface area contributed by atoms with E-state index in [9.17, 15) is 9.59 Å². The Labute approximate surface area is 141 Å². The van der Waals surface area contributed by atoms with Gasteiger partial charge in [0.15, 0.2) is 5.11 Å². The van der Waals surface area contributed by atoms with Gasteiger partial charge in [0.25, 0.3) is 0 Å². The van der Waals surface area contributed by atoms with Crippen LogP contribution in [0.4, 0.5) is 21.0 Å². The summed E-state index contributed by atoms with van der Waals surface area (Å²) in [6, 6.07) is 6.75. The van der Waals surface area contributed by atoms with Crippen molar-refractivity contribution in [3.05, 3.63) is 24.3 Å². The standard InChI is InChI=1S/C15H22N4O3S/c1-3-5-10-16-13(20)17-11-8-6-7-9-12(11)18-14(23)19-15(21)22-4-2/h6-9H,3-5,10H2,1-2H3,(H2,16,17,20)(H2,18,19,21,23). The number of benzene rings is 1. The van der Waals surface area contributed by atoms with Crippen LogP contribution in [0.2, 0.25) is 0 Å². The van der Waals surface area contributed by atoms with Crippen LogP contribution in [0.1, 0.15) is 26.7 Å². The minimum Gasteiger partial charge on any atom is -0.450 e. The Morgan fingerprint density at radius 3 is 2.39 bits per heavy atom. The number of hydrogen-bond donors (Lipinski definition) is 4. The van der Waals surface area contributed by atoms with Gasteiger partial charge in [-0.05, 0) is 37.7 Å². The molecular weight excluding hydrogens is 316 g/mol. The first-order valence-corrected chi connectivity index (χ1v) is 7.86. The molecule has 126 valence electrons. The first-order valence-electron chi connectivity index (χ1n) is 7.45. The number of unbranched alkanes of at least 4 members (excludes halogenated alkanes) is 1. The molecule has 0 aliphatic rings. The highest BCUT2D eigenvalue weighted by atomic mass is 32.1. The van der Waals surface area contributed by atoms with E-state index in [0.717, 1.165) is 12.8 Å². The third-order valence-corrected chi connectivity index (χ3v) is 2.93. The monoisotopic (exact) mass is 338 g/mol. The Kier molecular flexibility index (Phi) is 8.45. The van der Waals surface area contributed by atoms with Gasteiger partial charge in [-0.25, -0.2) is 9.59 Å². The number of carbonyl (C=O) groups excluding carboxylic acids is 2. The minimum absolute atomic E-state index is 0.0871. The Morgan fingerprint density at radius 1 is 1.13 bits per heavy atom. The molecule has 7 nitrogen and oxygen atoms in total. The molecule has 0 heterocycles. The van der Waals surface area contributed by atoms with Gasteiger partial charge < -0.3 is 20.7 Å². The van der Waals surface area contributed by atoms with E-state index in [1.165, 1.54) is 0 Å². The van der Waals surface area contributed by atoms with Crippen molar-refractivity contribution in [2.45, 2.75) is 26.7 Å². The van der Waals surface area contributed by atoms with Crippen molar-refractivity contribution in [3.8, 4) is 0 Å². The quantitative estimate of drug-likeness (QED) is 0.473. The second-order valence-electron chi connectivity index (χ2n) is 4.58. The van der Waals surface area contributed by atoms with E-state index in [1.54, 1.807) is 31.2 Å². The minimum atomic E-state index is -0.632. The molecule has 1 aromatic rings. The highest BCUT2D eigenvalue weighted by Gasteiger charge is 2.09. The lowest BCUT2D eigenvalue weighted by molar-refractivity contribution is 0.158. The molecule has 0 radical (unpaired) electrons. The van der Waals surface area contributed by atoms with Gasteiger partial charge in [-0.15, -0.1) is 0 Å². The molecule has 1 rings (SSSR count). The maximum Gasteiger partial charge on any atom is 0.413 e. The SMILES string of the molecule is CCCCNC(=O)Nc1ccccc1NC(=S)NC(=O)OCC. The molecule has 0 aliphatic heterocycles. The average molecular weight is 338 g/mol. The third-order valence-electron chi connectivity index (χ3n) is 2.73. The summed E-state index contributed by atoms with van der Waals surface area (Å²) in [5.74, 6) is 0. The summed E-state index contributed by atoms with van der Waals surface area (Å²) in [6.45, 7) is 4.62. The van der Waals surface area contributed by atoms with Crippen LogP contribution in [-0.2, 0) is 4.74 Å². The van der Waals surface area contributed by atoms with Crippen LogP contribution in [0.15, 0.2) is 24.3 Å². The fraction of sp³-hybridized carbons (Fsp3) is 0.400. The van der Waals surface area contributed by atoms with Gasteiger partial charge in [0.2, 0.25) is 0 Å². The zero-order valence-electron chi connectivity index (χ0n) is 13.3. The van der Waals surface area contributed by atoms with E-state index in [4.69, 9.17) is 17.0 Å². The molecular formula is C15H22N4O3S. The Hall–Kier alpha value is -2.35. The van der Waals surface area contributed by atoms with Crippen LogP contribution < -0.4 is 21.3 Å². The molecule has 8 heteroatoms. The van der Waals surface area contributed by atoms with Crippen molar-refractivity contribution < 1.29 is 14.3 Å². The van der Waals surface area contributed by atoms with Crippen LogP contribution in [0.5, 0.6) is 0 Å². The van der Waals surface area contributed by atoms with Crippen molar-refractivity contribution in [3.63, 3.8) is 0 Å². The van der Waals surface area contributed by atoms with E-state index < -0.39 is 6.09 Å². The molecule has 0 aliphatic carbocycles. The highest BCUT2D eigenvalue weighted by Crippen LogP contribution is 2.20. The molecule has 0 bridgehead atoms. The number of carbonyl (C=O) groups is 2. The first kappa shape index (κ1) is 18.7. The summed E-state index contributed by atoms with van der Waals surface area (Å²) in [4.78, 5) is 23.1. The molecule has 0 unspecified atom stereocenters. The number of anilines is 2. The molecule has 0 aromatic heterocycles. The van der Waals surface area contributed by atoms with Crippen LogP contribution >= 0.6 is 12.2 Å². The molecule has 1 aromatic carbocycles. The van der Waals surface area contributed by atoms with Crippen LogP contribution in [0, 0.1) is 0 Å². The molecule has 0 spiro atoms. The van der Waals surface area contributed by atoms with Gasteiger partial charge in [0, 0.05) is 6.54 Å². The number of urea groups is 1. The number of nitrogens with one attached hydrogen (secondary N) is 4. The Morgan fingerprint density at radius 2 is 1.78 bits per heavy atom. The van der Waals surface area contributed by atoms with Crippen molar-refractivity contribution >= 4 is 40.8 Å². The number of amides is 3. The van der Waals surface area contributed by atoms with E-state index in [2.05, 4.69) is 28.2 Å². The fourth-order valence-corrected chi connectivity index (χ4v) is 1.85. The van der Waals surface area contributed by atoms with Crippen LogP contribution in [-0.4, -0.2) is 30.4 Å². The molecule has 4 N–H and O–H groups in total. The van der Waals surface area contributed by atoms with Crippen molar-refractivity contribution in [1.82, 2.24) is 10.6 Å². The molecule has 0 saturated carbocycles. The van der Waals surface area contributed by atoms with Crippen molar-refractivity contribution in [1.29, 1.82) is 0 Å². The Bertz CT molecular complexity index is 551. The lowest BCUT2D eigenvalue weighted by atomic mass is 10.2. The molecule has 0 fully saturated rings. The van der Waals surface area contributed by atoms with Gasteiger partial charge in [-0.3, -0.25) is 5.32 Å². The van der Waals surface area contributed by atoms with Crippen LogP contribution in [0.3, 0.4) is 0 Å².